The number of benzene rings is 1. The molecular formula is C33H52O7. The zero-order valence-corrected chi connectivity index (χ0v) is 26.4. The first-order valence-corrected chi connectivity index (χ1v) is 14.8. The van der Waals surface area contributed by atoms with Crippen LogP contribution in [0.1, 0.15) is 90.4 Å². The van der Waals surface area contributed by atoms with Crippen LogP contribution in [0.25, 0.3) is 0 Å². The molecule has 0 radical (unpaired) electrons. The number of hydrogen-bond donors (Lipinski definition) is 2. The van der Waals surface area contributed by atoms with Gasteiger partial charge in [-0.15, -0.1) is 0 Å². The molecule has 2 aliphatic heterocycles. The van der Waals surface area contributed by atoms with Gasteiger partial charge in [-0.3, -0.25) is 4.79 Å². The molecule has 0 bridgehead atoms. The summed E-state index contributed by atoms with van der Waals surface area (Å²) in [6.45, 7) is 26.2. The van der Waals surface area contributed by atoms with Crippen LogP contribution in [0.2, 0.25) is 0 Å². The van der Waals surface area contributed by atoms with Gasteiger partial charge in [0.15, 0.2) is 12.1 Å². The Morgan fingerprint density at radius 1 is 0.950 bits per heavy atom. The summed E-state index contributed by atoms with van der Waals surface area (Å²) >= 11 is 0. The summed E-state index contributed by atoms with van der Waals surface area (Å²) in [7, 11) is 0. The Balaban J connectivity index is 1.88. The molecule has 0 saturated carbocycles. The number of aliphatic hydroxyl groups is 1. The lowest BCUT2D eigenvalue weighted by Gasteiger charge is -2.49. The van der Waals surface area contributed by atoms with E-state index in [1.54, 1.807) is 13.8 Å². The van der Waals surface area contributed by atoms with E-state index in [0.717, 1.165) is 22.3 Å². The van der Waals surface area contributed by atoms with Crippen LogP contribution in [0.4, 0.5) is 0 Å². The summed E-state index contributed by atoms with van der Waals surface area (Å²) in [5.74, 6) is -2.63. The lowest BCUT2D eigenvalue weighted by atomic mass is 9.77. The first-order valence-electron chi connectivity index (χ1n) is 14.8. The predicted molar refractivity (Wildman–Crippen MR) is 156 cm³/mol. The van der Waals surface area contributed by atoms with E-state index < -0.39 is 36.2 Å². The second-order valence-electron chi connectivity index (χ2n) is 13.2. The van der Waals surface area contributed by atoms with Gasteiger partial charge in [0.2, 0.25) is 0 Å². The summed E-state index contributed by atoms with van der Waals surface area (Å²) in [4.78, 5) is 11.8. The molecule has 0 aliphatic carbocycles. The largest absolute Gasteiger partial charge is 0.481 e. The third kappa shape index (κ3) is 6.99. The molecule has 2 fully saturated rings. The zero-order chi connectivity index (χ0) is 30.3. The van der Waals surface area contributed by atoms with Crippen molar-refractivity contribution in [1.29, 1.82) is 0 Å². The lowest BCUT2D eigenvalue weighted by molar-refractivity contribution is -0.333. The van der Waals surface area contributed by atoms with Crippen LogP contribution >= 0.6 is 0 Å². The fourth-order valence-electron chi connectivity index (χ4n) is 6.84. The average molecular weight is 561 g/mol. The van der Waals surface area contributed by atoms with Gasteiger partial charge in [0.25, 0.3) is 0 Å². The smallest absolute Gasteiger partial charge is 0.308 e. The maximum atomic E-state index is 11.8. The highest BCUT2D eigenvalue weighted by Crippen LogP contribution is 2.44. The van der Waals surface area contributed by atoms with Gasteiger partial charge in [0.05, 0.1) is 36.4 Å². The summed E-state index contributed by atoms with van der Waals surface area (Å²) in [6.07, 6.45) is -1.66. The highest BCUT2D eigenvalue weighted by molar-refractivity contribution is 5.70. The second-order valence-corrected chi connectivity index (χ2v) is 13.2. The molecule has 0 amide bonds. The fourth-order valence-corrected chi connectivity index (χ4v) is 6.84. The number of aliphatic hydroxyl groups excluding tert-OH is 1. The average Bonchev–Trinajstić information content (AvgIpc) is 2.84. The van der Waals surface area contributed by atoms with E-state index in [-0.39, 0.29) is 42.0 Å². The number of aliphatic carboxylic acids is 1. The Hall–Kier alpha value is -1.77. The Morgan fingerprint density at radius 3 is 2.02 bits per heavy atom. The van der Waals surface area contributed by atoms with E-state index in [1.807, 2.05) is 27.7 Å². The van der Waals surface area contributed by atoms with Crippen molar-refractivity contribution in [3.05, 3.63) is 46.5 Å². The Bertz CT molecular complexity index is 1040. The topological polar surface area (TPSA) is 94.5 Å². The van der Waals surface area contributed by atoms with Crippen LogP contribution < -0.4 is 0 Å². The molecule has 226 valence electrons. The van der Waals surface area contributed by atoms with E-state index in [2.05, 4.69) is 53.3 Å². The van der Waals surface area contributed by atoms with E-state index in [1.165, 1.54) is 5.56 Å². The molecule has 0 aromatic heterocycles. The molecule has 2 saturated heterocycles. The minimum atomic E-state index is -0.896. The van der Waals surface area contributed by atoms with E-state index in [0.29, 0.717) is 6.42 Å². The van der Waals surface area contributed by atoms with Crippen molar-refractivity contribution in [3.63, 3.8) is 0 Å². The molecule has 1 aromatic rings. The minimum Gasteiger partial charge on any atom is -0.481 e. The lowest BCUT2D eigenvalue weighted by Crippen LogP contribution is -2.55. The summed E-state index contributed by atoms with van der Waals surface area (Å²) < 4.78 is 25.8. The van der Waals surface area contributed by atoms with Crippen LogP contribution in [0.3, 0.4) is 0 Å². The van der Waals surface area contributed by atoms with Crippen molar-refractivity contribution < 1.29 is 34.0 Å². The number of aryl methyl sites for hydroxylation is 3. The van der Waals surface area contributed by atoms with Crippen LogP contribution in [0.5, 0.6) is 0 Å². The third-order valence-corrected chi connectivity index (χ3v) is 9.11. The molecule has 7 heteroatoms. The number of carboxylic acid groups (broad SMARTS) is 1. The first-order chi connectivity index (χ1) is 18.4. The summed E-state index contributed by atoms with van der Waals surface area (Å²) in [5.41, 5.74) is 5.39. The first kappa shape index (κ1) is 32.7. The number of carboxylic acids is 1. The van der Waals surface area contributed by atoms with Crippen molar-refractivity contribution in [3.8, 4) is 0 Å². The molecule has 2 heterocycles. The molecule has 1 aromatic carbocycles. The van der Waals surface area contributed by atoms with Crippen molar-refractivity contribution in [2.24, 2.45) is 29.6 Å². The van der Waals surface area contributed by atoms with Gasteiger partial charge in [0, 0.05) is 23.3 Å². The van der Waals surface area contributed by atoms with Crippen LogP contribution in [-0.4, -0.2) is 52.5 Å². The molecule has 3 rings (SSSR count). The Morgan fingerprint density at radius 2 is 1.50 bits per heavy atom. The van der Waals surface area contributed by atoms with Gasteiger partial charge in [-0.1, -0.05) is 52.0 Å². The van der Waals surface area contributed by atoms with Gasteiger partial charge >= 0.3 is 5.97 Å². The Labute approximate surface area is 241 Å². The normalized spacial score (nSPS) is 33.5. The third-order valence-electron chi connectivity index (χ3n) is 9.11. The quantitative estimate of drug-likeness (QED) is 0.333. The fraction of sp³-hybridized carbons (Fsp3) is 0.727. The Kier molecular flexibility index (Phi) is 10.3. The molecule has 0 spiro atoms. The number of hydrogen-bond acceptors (Lipinski definition) is 6. The second kappa shape index (κ2) is 12.6. The molecular weight excluding hydrogens is 508 g/mol. The van der Waals surface area contributed by atoms with Crippen molar-refractivity contribution in [2.75, 3.05) is 0 Å². The van der Waals surface area contributed by atoms with Gasteiger partial charge < -0.3 is 29.2 Å². The molecule has 2 aliphatic rings. The number of ether oxygens (including phenoxy) is 4. The van der Waals surface area contributed by atoms with Gasteiger partial charge in [-0.25, -0.2) is 0 Å². The zero-order valence-electron chi connectivity index (χ0n) is 26.4. The van der Waals surface area contributed by atoms with Crippen LogP contribution in [0, 0.1) is 50.4 Å². The molecule has 0 unspecified atom stereocenters. The maximum absolute atomic E-state index is 11.8. The van der Waals surface area contributed by atoms with E-state index in [9.17, 15) is 15.0 Å². The summed E-state index contributed by atoms with van der Waals surface area (Å²) in [6, 6.07) is 4.29. The number of rotatable bonds is 9. The molecule has 7 nitrogen and oxygen atoms in total. The monoisotopic (exact) mass is 560 g/mol. The van der Waals surface area contributed by atoms with Crippen molar-refractivity contribution >= 4 is 5.97 Å². The number of carbonyl (C=O) groups is 1. The highest BCUT2D eigenvalue weighted by atomic mass is 16.7. The standard InChI is InChI=1S/C33H52O7/c1-16-13-17(2)26(18(3)14-16)32-37-27(22(7)29(38-32)21(6)25(10)34)19(4)15-20(5)28-23(8)30(24(9)31(35)36)40-33(11,12)39-28/h13-14,20-25,27-30,32,34H,4,15H2,1-3,5-12H3,(H,35,36)/t20-,21-,22-,23+,24+,25+,27-,28-,29-,30-,32+/m0/s1. The van der Waals surface area contributed by atoms with Gasteiger partial charge in [-0.2, -0.15) is 0 Å². The molecule has 11 atom stereocenters. The maximum Gasteiger partial charge on any atom is 0.308 e. The van der Waals surface area contributed by atoms with Crippen LogP contribution in [-0.2, 0) is 23.7 Å². The van der Waals surface area contributed by atoms with Crippen molar-refractivity contribution in [1.82, 2.24) is 0 Å². The van der Waals surface area contributed by atoms with Crippen molar-refractivity contribution in [2.45, 2.75) is 125 Å². The van der Waals surface area contributed by atoms with E-state index in [4.69, 9.17) is 18.9 Å². The van der Waals surface area contributed by atoms with Gasteiger partial charge in [-0.05, 0) is 77.5 Å². The van der Waals surface area contributed by atoms with E-state index >= 15 is 0 Å². The summed E-state index contributed by atoms with van der Waals surface area (Å²) in [5, 5.41) is 20.2. The molecule has 40 heavy (non-hydrogen) atoms. The highest BCUT2D eigenvalue weighted by Gasteiger charge is 2.48. The predicted octanol–water partition coefficient (Wildman–Crippen LogP) is 6.51. The van der Waals surface area contributed by atoms with Crippen LogP contribution in [0.15, 0.2) is 24.3 Å². The van der Waals surface area contributed by atoms with Gasteiger partial charge in [0.1, 0.15) is 0 Å². The molecule has 2 N–H and O–H groups in total. The SMILES string of the molecule is C=C(C[C@H](C)[C@@H]1OC(C)(C)O[C@H]([C@@H](C)C(=O)O)[C@@H]1C)[C@@H]1O[C@@H](c2c(C)cc(C)cc2C)O[C@@H]([C@@H](C)[C@@H](C)O)[C@H]1C. The minimum absolute atomic E-state index is 0.0316.